The minimum atomic E-state index is -3.35. The predicted octanol–water partition coefficient (Wildman–Crippen LogP) is 1.58. The van der Waals surface area contributed by atoms with Gasteiger partial charge in [0.05, 0.1) is 5.75 Å². The normalized spacial score (nSPS) is 11.2. The lowest BCUT2D eigenvalue weighted by Gasteiger charge is -2.08. The van der Waals surface area contributed by atoms with Crippen LogP contribution in [0.3, 0.4) is 0 Å². The van der Waals surface area contributed by atoms with E-state index >= 15 is 0 Å². The van der Waals surface area contributed by atoms with Crippen molar-refractivity contribution in [2.24, 2.45) is 0 Å². The van der Waals surface area contributed by atoms with Crippen molar-refractivity contribution in [2.45, 2.75) is 6.54 Å². The number of ether oxygens (including phenoxy) is 1. The SMILES string of the molecule is O=S(=O)(CCOc1ccccc1)NCc1cccnc1. The van der Waals surface area contributed by atoms with Crippen molar-refractivity contribution in [3.8, 4) is 5.75 Å². The first-order valence-electron chi connectivity index (χ1n) is 6.20. The first-order chi connectivity index (χ1) is 9.66. The van der Waals surface area contributed by atoms with Crippen LogP contribution in [-0.2, 0) is 16.6 Å². The maximum atomic E-state index is 11.8. The molecule has 0 atom stereocenters. The van der Waals surface area contributed by atoms with Crippen LogP contribution in [0.25, 0.3) is 0 Å². The topological polar surface area (TPSA) is 68.3 Å². The van der Waals surface area contributed by atoms with Crippen LogP contribution < -0.4 is 9.46 Å². The van der Waals surface area contributed by atoms with E-state index in [-0.39, 0.29) is 18.9 Å². The van der Waals surface area contributed by atoms with Crippen LogP contribution in [-0.4, -0.2) is 25.8 Å². The molecule has 0 fully saturated rings. The second-order valence-corrected chi connectivity index (χ2v) is 6.09. The Morgan fingerprint density at radius 3 is 2.60 bits per heavy atom. The molecular weight excluding hydrogens is 276 g/mol. The number of hydrogen-bond donors (Lipinski definition) is 1. The molecule has 0 spiro atoms. The van der Waals surface area contributed by atoms with Gasteiger partial charge in [-0.05, 0) is 23.8 Å². The summed E-state index contributed by atoms with van der Waals surface area (Å²) in [5.41, 5.74) is 0.819. The molecule has 0 unspecified atom stereocenters. The smallest absolute Gasteiger partial charge is 0.215 e. The molecular formula is C14H16N2O3S. The number of hydrogen-bond acceptors (Lipinski definition) is 4. The molecule has 0 bridgehead atoms. The number of para-hydroxylation sites is 1. The van der Waals surface area contributed by atoms with Crippen molar-refractivity contribution < 1.29 is 13.2 Å². The molecule has 0 radical (unpaired) electrons. The van der Waals surface area contributed by atoms with Crippen LogP contribution >= 0.6 is 0 Å². The maximum absolute atomic E-state index is 11.8. The van der Waals surface area contributed by atoms with Gasteiger partial charge in [-0.25, -0.2) is 13.1 Å². The third-order valence-corrected chi connectivity index (χ3v) is 3.87. The fourth-order valence-corrected chi connectivity index (χ4v) is 2.39. The first-order valence-corrected chi connectivity index (χ1v) is 7.85. The molecule has 1 heterocycles. The van der Waals surface area contributed by atoms with Crippen LogP contribution in [0.2, 0.25) is 0 Å². The Hall–Kier alpha value is -1.92. The monoisotopic (exact) mass is 292 g/mol. The number of nitrogens with zero attached hydrogens (tertiary/aromatic N) is 1. The van der Waals surface area contributed by atoms with Gasteiger partial charge < -0.3 is 4.74 Å². The summed E-state index contributed by atoms with van der Waals surface area (Å²) in [7, 11) is -3.35. The van der Waals surface area contributed by atoms with E-state index in [9.17, 15) is 8.42 Å². The highest BCUT2D eigenvalue weighted by atomic mass is 32.2. The van der Waals surface area contributed by atoms with Crippen LogP contribution in [0.4, 0.5) is 0 Å². The quantitative estimate of drug-likeness (QED) is 0.841. The second kappa shape index (κ2) is 7.02. The Labute approximate surface area is 118 Å². The van der Waals surface area contributed by atoms with E-state index in [0.717, 1.165) is 5.56 Å². The average Bonchev–Trinajstić information content (AvgIpc) is 2.47. The molecule has 0 aliphatic heterocycles. The zero-order valence-electron chi connectivity index (χ0n) is 10.9. The Bertz CT molecular complexity index is 615. The van der Waals surface area contributed by atoms with Gasteiger partial charge in [-0.1, -0.05) is 24.3 Å². The molecule has 0 saturated heterocycles. The van der Waals surface area contributed by atoms with Gasteiger partial charge in [0.1, 0.15) is 12.4 Å². The summed E-state index contributed by atoms with van der Waals surface area (Å²) in [4.78, 5) is 3.93. The molecule has 106 valence electrons. The van der Waals surface area contributed by atoms with Crippen molar-refractivity contribution in [1.29, 1.82) is 0 Å². The Morgan fingerprint density at radius 2 is 1.90 bits per heavy atom. The van der Waals surface area contributed by atoms with Gasteiger partial charge in [-0.3, -0.25) is 4.98 Å². The van der Waals surface area contributed by atoms with E-state index in [1.165, 1.54) is 0 Å². The van der Waals surface area contributed by atoms with E-state index in [1.54, 1.807) is 30.6 Å². The van der Waals surface area contributed by atoms with E-state index in [0.29, 0.717) is 5.75 Å². The molecule has 1 aromatic heterocycles. The number of sulfonamides is 1. The fraction of sp³-hybridized carbons (Fsp3) is 0.214. The van der Waals surface area contributed by atoms with E-state index in [1.807, 2.05) is 24.3 Å². The Balaban J connectivity index is 1.77. The summed E-state index contributed by atoms with van der Waals surface area (Å²) < 4.78 is 31.4. The highest BCUT2D eigenvalue weighted by molar-refractivity contribution is 7.89. The lowest BCUT2D eigenvalue weighted by Crippen LogP contribution is -2.28. The Kier molecular flexibility index (Phi) is 5.09. The maximum Gasteiger partial charge on any atom is 0.215 e. The Morgan fingerprint density at radius 1 is 1.10 bits per heavy atom. The van der Waals surface area contributed by atoms with Gasteiger partial charge in [0.15, 0.2) is 0 Å². The van der Waals surface area contributed by atoms with Gasteiger partial charge in [-0.15, -0.1) is 0 Å². The molecule has 1 aromatic carbocycles. The number of pyridine rings is 1. The number of aromatic nitrogens is 1. The van der Waals surface area contributed by atoms with Crippen molar-refractivity contribution in [1.82, 2.24) is 9.71 Å². The molecule has 0 aliphatic carbocycles. The molecule has 6 heteroatoms. The van der Waals surface area contributed by atoms with Gasteiger partial charge in [0.25, 0.3) is 0 Å². The molecule has 2 aromatic rings. The standard InChI is InChI=1S/C14H16N2O3S/c17-20(18,16-12-13-5-4-8-15-11-13)10-9-19-14-6-2-1-3-7-14/h1-8,11,16H,9-10,12H2. The van der Waals surface area contributed by atoms with Gasteiger partial charge >= 0.3 is 0 Å². The summed E-state index contributed by atoms with van der Waals surface area (Å²) in [6.45, 7) is 0.355. The largest absolute Gasteiger partial charge is 0.492 e. The zero-order chi connectivity index (χ0) is 14.3. The second-order valence-electron chi connectivity index (χ2n) is 4.16. The molecule has 1 N–H and O–H groups in total. The summed E-state index contributed by atoms with van der Waals surface area (Å²) in [6, 6.07) is 12.7. The molecule has 0 aliphatic rings. The number of rotatable bonds is 7. The third-order valence-electron chi connectivity index (χ3n) is 2.58. The van der Waals surface area contributed by atoms with Crippen molar-refractivity contribution in [3.05, 3.63) is 60.4 Å². The third kappa shape index (κ3) is 4.99. The number of benzene rings is 1. The van der Waals surface area contributed by atoms with Gasteiger partial charge in [0, 0.05) is 18.9 Å². The van der Waals surface area contributed by atoms with E-state index in [4.69, 9.17) is 4.74 Å². The molecule has 0 amide bonds. The summed E-state index contributed by atoms with van der Waals surface area (Å²) >= 11 is 0. The van der Waals surface area contributed by atoms with E-state index in [2.05, 4.69) is 9.71 Å². The number of nitrogens with one attached hydrogen (secondary N) is 1. The molecule has 0 saturated carbocycles. The molecule has 20 heavy (non-hydrogen) atoms. The van der Waals surface area contributed by atoms with Crippen LogP contribution in [0.1, 0.15) is 5.56 Å². The lowest BCUT2D eigenvalue weighted by molar-refractivity contribution is 0.340. The predicted molar refractivity (Wildman–Crippen MR) is 76.8 cm³/mol. The van der Waals surface area contributed by atoms with Crippen LogP contribution in [0.15, 0.2) is 54.9 Å². The van der Waals surface area contributed by atoms with E-state index < -0.39 is 10.0 Å². The average molecular weight is 292 g/mol. The first kappa shape index (κ1) is 14.5. The molecule has 5 nitrogen and oxygen atoms in total. The minimum Gasteiger partial charge on any atom is -0.492 e. The summed E-state index contributed by atoms with van der Waals surface area (Å²) in [5, 5.41) is 0. The highest BCUT2D eigenvalue weighted by Crippen LogP contribution is 2.08. The van der Waals surface area contributed by atoms with Crippen LogP contribution in [0, 0.1) is 0 Å². The van der Waals surface area contributed by atoms with Crippen molar-refractivity contribution >= 4 is 10.0 Å². The summed E-state index contributed by atoms with van der Waals surface area (Å²) in [6.07, 6.45) is 3.27. The zero-order valence-corrected chi connectivity index (χ0v) is 11.7. The fourth-order valence-electron chi connectivity index (χ4n) is 1.55. The lowest BCUT2D eigenvalue weighted by atomic mass is 10.3. The van der Waals surface area contributed by atoms with Crippen molar-refractivity contribution in [2.75, 3.05) is 12.4 Å². The van der Waals surface area contributed by atoms with Crippen molar-refractivity contribution in [3.63, 3.8) is 0 Å². The van der Waals surface area contributed by atoms with Crippen LogP contribution in [0.5, 0.6) is 5.75 Å². The molecule has 2 rings (SSSR count). The minimum absolute atomic E-state index is 0.0812. The highest BCUT2D eigenvalue weighted by Gasteiger charge is 2.10. The summed E-state index contributed by atoms with van der Waals surface area (Å²) in [5.74, 6) is 0.581. The van der Waals surface area contributed by atoms with Gasteiger partial charge in [-0.2, -0.15) is 0 Å². The van der Waals surface area contributed by atoms with Gasteiger partial charge in [0.2, 0.25) is 10.0 Å².